The average Bonchev–Trinajstić information content (AvgIpc) is 2.80. The standard InChI is InChI=1S/C17H15ClO3/c1-20-10-17(16(19)21-2)13-8-4-3-6-11(13)12-7-5-9-14(18)15(12)17/h3-9H,10H2,1-2H3. The van der Waals surface area contributed by atoms with Gasteiger partial charge < -0.3 is 9.47 Å². The molecule has 1 atom stereocenters. The van der Waals surface area contributed by atoms with Crippen LogP contribution in [0.5, 0.6) is 0 Å². The monoisotopic (exact) mass is 302 g/mol. The first kappa shape index (κ1) is 14.1. The third-order valence-electron chi connectivity index (χ3n) is 4.01. The topological polar surface area (TPSA) is 35.5 Å². The van der Waals surface area contributed by atoms with Gasteiger partial charge in [-0.1, -0.05) is 48.0 Å². The predicted octanol–water partition coefficient (Wildman–Crippen LogP) is 3.43. The molecule has 1 aliphatic carbocycles. The molecule has 0 fully saturated rings. The van der Waals surface area contributed by atoms with Gasteiger partial charge in [-0.15, -0.1) is 0 Å². The van der Waals surface area contributed by atoms with E-state index in [0.29, 0.717) is 5.02 Å². The van der Waals surface area contributed by atoms with Crippen LogP contribution in [0.2, 0.25) is 5.02 Å². The minimum Gasteiger partial charge on any atom is -0.468 e. The summed E-state index contributed by atoms with van der Waals surface area (Å²) in [6, 6.07) is 13.4. The summed E-state index contributed by atoms with van der Waals surface area (Å²) in [4.78, 5) is 12.6. The van der Waals surface area contributed by atoms with E-state index in [1.54, 1.807) is 13.2 Å². The number of carbonyl (C=O) groups is 1. The second-order valence-corrected chi connectivity index (χ2v) is 5.45. The highest BCUT2D eigenvalue weighted by molar-refractivity contribution is 6.32. The molecule has 0 saturated heterocycles. The summed E-state index contributed by atoms with van der Waals surface area (Å²) in [5, 5.41) is 0.547. The van der Waals surface area contributed by atoms with Crippen LogP contribution < -0.4 is 0 Å². The molecule has 0 bridgehead atoms. The second-order valence-electron chi connectivity index (χ2n) is 5.04. The van der Waals surface area contributed by atoms with Crippen LogP contribution in [-0.4, -0.2) is 26.8 Å². The zero-order valence-electron chi connectivity index (χ0n) is 11.9. The zero-order chi connectivity index (χ0) is 15.0. The molecule has 0 spiro atoms. The molecule has 0 aromatic heterocycles. The first-order valence-corrected chi connectivity index (χ1v) is 7.01. The minimum absolute atomic E-state index is 0.188. The fourth-order valence-corrected chi connectivity index (χ4v) is 3.55. The zero-order valence-corrected chi connectivity index (χ0v) is 12.6. The maximum Gasteiger partial charge on any atom is 0.323 e. The molecule has 0 heterocycles. The Labute approximate surface area is 128 Å². The van der Waals surface area contributed by atoms with Crippen LogP contribution in [0, 0.1) is 0 Å². The van der Waals surface area contributed by atoms with Gasteiger partial charge in [0.05, 0.1) is 13.7 Å². The van der Waals surface area contributed by atoms with Gasteiger partial charge in [-0.05, 0) is 22.8 Å². The SMILES string of the molecule is COCC1(C(=O)OC)c2ccccc2-c2cccc(Cl)c21. The van der Waals surface area contributed by atoms with Gasteiger partial charge in [-0.2, -0.15) is 0 Å². The Morgan fingerprint density at radius 1 is 1.10 bits per heavy atom. The minimum atomic E-state index is -1.01. The highest BCUT2D eigenvalue weighted by Gasteiger charge is 2.51. The van der Waals surface area contributed by atoms with Gasteiger partial charge in [0.15, 0.2) is 0 Å². The molecule has 2 aromatic carbocycles. The molecule has 4 heteroatoms. The Hall–Kier alpha value is -1.84. The van der Waals surface area contributed by atoms with E-state index < -0.39 is 5.41 Å². The molecule has 0 amide bonds. The number of benzene rings is 2. The number of esters is 1. The van der Waals surface area contributed by atoms with Crippen molar-refractivity contribution in [2.24, 2.45) is 0 Å². The quantitative estimate of drug-likeness (QED) is 0.815. The molecule has 0 N–H and O–H groups in total. The average molecular weight is 303 g/mol. The highest BCUT2D eigenvalue weighted by Crippen LogP contribution is 2.52. The molecule has 21 heavy (non-hydrogen) atoms. The number of fused-ring (bicyclic) bond motifs is 3. The Bertz CT molecular complexity index is 711. The molecule has 0 saturated carbocycles. The van der Waals surface area contributed by atoms with Crippen LogP contribution in [0.15, 0.2) is 42.5 Å². The first-order valence-electron chi connectivity index (χ1n) is 6.63. The van der Waals surface area contributed by atoms with Crippen molar-refractivity contribution in [3.63, 3.8) is 0 Å². The van der Waals surface area contributed by atoms with Crippen LogP contribution in [0.4, 0.5) is 0 Å². The molecular weight excluding hydrogens is 288 g/mol. The van der Waals surface area contributed by atoms with Gasteiger partial charge in [0, 0.05) is 17.7 Å². The lowest BCUT2D eigenvalue weighted by molar-refractivity contribution is -0.147. The smallest absolute Gasteiger partial charge is 0.323 e. The van der Waals surface area contributed by atoms with Gasteiger partial charge in [0.25, 0.3) is 0 Å². The summed E-state index contributed by atoms with van der Waals surface area (Å²) >= 11 is 6.42. The second kappa shape index (κ2) is 5.17. The fraction of sp³-hybridized carbons (Fsp3) is 0.235. The van der Waals surface area contributed by atoms with E-state index in [2.05, 4.69) is 0 Å². The molecular formula is C17H15ClO3. The van der Waals surface area contributed by atoms with E-state index in [0.717, 1.165) is 22.3 Å². The fourth-order valence-electron chi connectivity index (χ4n) is 3.22. The maximum atomic E-state index is 12.6. The Balaban J connectivity index is 2.41. The van der Waals surface area contributed by atoms with Crippen LogP contribution >= 0.6 is 11.6 Å². The van der Waals surface area contributed by atoms with Crippen molar-refractivity contribution >= 4 is 17.6 Å². The number of hydrogen-bond acceptors (Lipinski definition) is 3. The summed E-state index contributed by atoms with van der Waals surface area (Å²) in [5.41, 5.74) is 2.59. The highest BCUT2D eigenvalue weighted by atomic mass is 35.5. The number of rotatable bonds is 3. The molecule has 1 unspecified atom stereocenters. The lowest BCUT2D eigenvalue weighted by atomic mass is 9.79. The van der Waals surface area contributed by atoms with Gasteiger partial charge in [-0.25, -0.2) is 0 Å². The normalized spacial score (nSPS) is 19.0. The van der Waals surface area contributed by atoms with Gasteiger partial charge >= 0.3 is 5.97 Å². The molecule has 3 nitrogen and oxygen atoms in total. The van der Waals surface area contributed by atoms with Gasteiger partial charge in [0.1, 0.15) is 5.41 Å². The largest absolute Gasteiger partial charge is 0.468 e. The summed E-state index contributed by atoms with van der Waals surface area (Å²) in [5.74, 6) is -0.358. The van der Waals surface area contributed by atoms with Gasteiger partial charge in [0.2, 0.25) is 0 Å². The molecule has 0 radical (unpaired) electrons. The third-order valence-corrected chi connectivity index (χ3v) is 4.33. The Morgan fingerprint density at radius 2 is 1.81 bits per heavy atom. The van der Waals surface area contributed by atoms with E-state index in [1.807, 2.05) is 36.4 Å². The van der Waals surface area contributed by atoms with Crippen molar-refractivity contribution < 1.29 is 14.3 Å². The number of carbonyl (C=O) groups excluding carboxylic acids is 1. The molecule has 108 valence electrons. The Morgan fingerprint density at radius 3 is 2.52 bits per heavy atom. The Kier molecular flexibility index (Phi) is 3.47. The summed E-state index contributed by atoms with van der Waals surface area (Å²) < 4.78 is 10.4. The van der Waals surface area contributed by atoms with Crippen molar-refractivity contribution in [3.05, 3.63) is 58.6 Å². The lowest BCUT2D eigenvalue weighted by Gasteiger charge is -2.28. The predicted molar refractivity (Wildman–Crippen MR) is 81.6 cm³/mol. The number of hydrogen-bond donors (Lipinski definition) is 0. The summed E-state index contributed by atoms with van der Waals surface area (Å²) in [6.45, 7) is 0.188. The van der Waals surface area contributed by atoms with Crippen LogP contribution in [0.1, 0.15) is 11.1 Å². The van der Waals surface area contributed by atoms with Crippen molar-refractivity contribution in [1.82, 2.24) is 0 Å². The van der Waals surface area contributed by atoms with Crippen LogP contribution in [-0.2, 0) is 19.7 Å². The van der Waals surface area contributed by atoms with E-state index in [4.69, 9.17) is 21.1 Å². The van der Waals surface area contributed by atoms with Crippen molar-refractivity contribution in [1.29, 1.82) is 0 Å². The molecule has 2 aromatic rings. The van der Waals surface area contributed by atoms with Crippen molar-refractivity contribution in [2.75, 3.05) is 20.8 Å². The third kappa shape index (κ3) is 1.81. The number of ether oxygens (including phenoxy) is 2. The van der Waals surface area contributed by atoms with Crippen molar-refractivity contribution in [2.45, 2.75) is 5.41 Å². The first-order chi connectivity index (χ1) is 10.2. The maximum absolute atomic E-state index is 12.6. The summed E-state index contributed by atoms with van der Waals surface area (Å²) in [6.07, 6.45) is 0. The van der Waals surface area contributed by atoms with Crippen LogP contribution in [0.25, 0.3) is 11.1 Å². The molecule has 1 aliphatic rings. The van der Waals surface area contributed by atoms with Crippen molar-refractivity contribution in [3.8, 4) is 11.1 Å². The lowest BCUT2D eigenvalue weighted by Crippen LogP contribution is -2.41. The number of methoxy groups -OCH3 is 2. The van der Waals surface area contributed by atoms with E-state index in [-0.39, 0.29) is 12.6 Å². The van der Waals surface area contributed by atoms with E-state index >= 15 is 0 Å². The van der Waals surface area contributed by atoms with Gasteiger partial charge in [-0.3, -0.25) is 4.79 Å². The number of halogens is 1. The van der Waals surface area contributed by atoms with E-state index in [1.165, 1.54) is 7.11 Å². The molecule has 3 rings (SSSR count). The summed E-state index contributed by atoms with van der Waals surface area (Å²) in [7, 11) is 2.96. The van der Waals surface area contributed by atoms with E-state index in [9.17, 15) is 4.79 Å². The van der Waals surface area contributed by atoms with Crippen LogP contribution in [0.3, 0.4) is 0 Å². The molecule has 0 aliphatic heterocycles.